The summed E-state index contributed by atoms with van der Waals surface area (Å²) in [6.07, 6.45) is 0.325. The first-order chi connectivity index (χ1) is 10.4. The Balaban J connectivity index is 2.01. The van der Waals surface area contributed by atoms with Gasteiger partial charge in [-0.2, -0.15) is 0 Å². The number of amides is 2. The van der Waals surface area contributed by atoms with Crippen LogP contribution in [-0.4, -0.2) is 23.9 Å². The van der Waals surface area contributed by atoms with E-state index in [2.05, 4.69) is 5.32 Å². The van der Waals surface area contributed by atoms with Gasteiger partial charge in [0.15, 0.2) is 6.10 Å². The molecule has 2 heterocycles. The van der Waals surface area contributed by atoms with E-state index in [-0.39, 0.29) is 11.1 Å². The van der Waals surface area contributed by atoms with Crippen LogP contribution in [0.4, 0.5) is 5.00 Å². The van der Waals surface area contributed by atoms with Gasteiger partial charge in [0.25, 0.3) is 11.8 Å². The second-order valence-electron chi connectivity index (χ2n) is 4.45. The zero-order chi connectivity index (χ0) is 16.3. The second kappa shape index (κ2) is 6.44. The Hall–Kier alpha value is -2.61. The molecule has 0 spiro atoms. The van der Waals surface area contributed by atoms with Crippen molar-refractivity contribution in [1.29, 1.82) is 0 Å². The van der Waals surface area contributed by atoms with Crippen molar-refractivity contribution < 1.29 is 23.5 Å². The first kappa shape index (κ1) is 15.8. The topological polar surface area (TPSA) is 112 Å². The number of nitrogens with two attached hydrogens (primary N) is 1. The normalized spacial score (nSPS) is 11.7. The number of hydrogen-bond acceptors (Lipinski definition) is 6. The molecule has 0 aliphatic carbocycles. The summed E-state index contributed by atoms with van der Waals surface area (Å²) in [4.78, 5) is 35.1. The molecule has 0 radical (unpaired) electrons. The van der Waals surface area contributed by atoms with Gasteiger partial charge in [0.1, 0.15) is 16.3 Å². The molecule has 0 aliphatic rings. The van der Waals surface area contributed by atoms with Crippen molar-refractivity contribution in [2.45, 2.75) is 20.0 Å². The van der Waals surface area contributed by atoms with Gasteiger partial charge >= 0.3 is 5.97 Å². The van der Waals surface area contributed by atoms with Crippen molar-refractivity contribution in [2.24, 2.45) is 5.73 Å². The van der Waals surface area contributed by atoms with Gasteiger partial charge in [-0.25, -0.2) is 4.79 Å². The molecule has 1 unspecified atom stereocenters. The Bertz CT molecular complexity index is 718. The molecule has 2 aromatic heterocycles. The number of rotatable bonds is 5. The Labute approximate surface area is 130 Å². The predicted molar refractivity (Wildman–Crippen MR) is 79.8 cm³/mol. The number of anilines is 1. The van der Waals surface area contributed by atoms with E-state index in [1.807, 2.05) is 0 Å². The molecule has 1 atom stereocenters. The number of carbonyl (C=O) groups excluding carboxylic acids is 3. The molecule has 0 aromatic carbocycles. The minimum absolute atomic E-state index is 0.211. The van der Waals surface area contributed by atoms with Crippen LogP contribution in [0.2, 0.25) is 0 Å². The van der Waals surface area contributed by atoms with E-state index in [0.717, 1.165) is 11.3 Å². The van der Waals surface area contributed by atoms with Crippen LogP contribution in [0.5, 0.6) is 0 Å². The molecule has 2 aromatic rings. The lowest BCUT2D eigenvalue weighted by atomic mass is 10.2. The highest BCUT2D eigenvalue weighted by Gasteiger charge is 2.22. The summed E-state index contributed by atoms with van der Waals surface area (Å²) in [5, 5.41) is 4.46. The van der Waals surface area contributed by atoms with Crippen LogP contribution in [0.15, 0.2) is 28.2 Å². The van der Waals surface area contributed by atoms with Gasteiger partial charge < -0.3 is 20.2 Å². The van der Waals surface area contributed by atoms with Crippen LogP contribution >= 0.6 is 11.3 Å². The van der Waals surface area contributed by atoms with Gasteiger partial charge in [-0.15, -0.1) is 11.3 Å². The van der Waals surface area contributed by atoms with Gasteiger partial charge in [0, 0.05) is 0 Å². The van der Waals surface area contributed by atoms with Gasteiger partial charge in [-0.1, -0.05) is 0 Å². The number of thiophene rings is 1. The molecular formula is C14H14N2O5S. The van der Waals surface area contributed by atoms with Gasteiger partial charge in [0.05, 0.1) is 11.8 Å². The van der Waals surface area contributed by atoms with E-state index < -0.39 is 23.9 Å². The lowest BCUT2D eigenvalue weighted by Crippen LogP contribution is -2.30. The smallest absolute Gasteiger partial charge is 0.342 e. The number of primary amides is 1. The Kier molecular flexibility index (Phi) is 4.62. The quantitative estimate of drug-likeness (QED) is 0.817. The first-order valence-corrected chi connectivity index (χ1v) is 7.21. The zero-order valence-corrected chi connectivity index (χ0v) is 12.7. The number of aryl methyl sites for hydroxylation is 1. The minimum atomic E-state index is -1.04. The van der Waals surface area contributed by atoms with Crippen molar-refractivity contribution in [1.82, 2.24) is 0 Å². The second-order valence-corrected chi connectivity index (χ2v) is 5.37. The number of esters is 1. The summed E-state index contributed by atoms with van der Waals surface area (Å²) < 4.78 is 10.1. The molecule has 0 saturated carbocycles. The maximum atomic E-state index is 12.0. The van der Waals surface area contributed by atoms with E-state index >= 15 is 0 Å². The van der Waals surface area contributed by atoms with Crippen LogP contribution in [0.1, 0.15) is 33.4 Å². The lowest BCUT2D eigenvalue weighted by Gasteiger charge is -2.13. The van der Waals surface area contributed by atoms with E-state index in [4.69, 9.17) is 14.9 Å². The SMILES string of the molecule is Cc1occc1C(=O)OC(C)C(=O)Nc1sccc1C(N)=O. The Morgan fingerprint density at radius 1 is 1.32 bits per heavy atom. The highest BCUT2D eigenvalue weighted by Crippen LogP contribution is 2.23. The molecule has 3 N–H and O–H groups in total. The fourth-order valence-electron chi connectivity index (χ4n) is 1.69. The zero-order valence-electron chi connectivity index (χ0n) is 11.9. The number of nitrogens with one attached hydrogen (secondary N) is 1. The highest BCUT2D eigenvalue weighted by atomic mass is 32.1. The third kappa shape index (κ3) is 3.34. The van der Waals surface area contributed by atoms with Crippen LogP contribution < -0.4 is 11.1 Å². The van der Waals surface area contributed by atoms with E-state index in [1.165, 1.54) is 25.3 Å². The molecule has 8 heteroatoms. The summed E-state index contributed by atoms with van der Waals surface area (Å²) in [6.45, 7) is 3.05. The van der Waals surface area contributed by atoms with Gasteiger partial charge in [-0.3, -0.25) is 9.59 Å². The standard InChI is InChI=1S/C14H14N2O5S/c1-7-9(3-5-20-7)14(19)21-8(2)12(18)16-13-10(11(15)17)4-6-22-13/h3-6,8H,1-2H3,(H2,15,17)(H,16,18). The van der Waals surface area contributed by atoms with Crippen molar-refractivity contribution in [2.75, 3.05) is 5.32 Å². The average Bonchev–Trinajstić information content (AvgIpc) is 3.07. The third-order valence-electron chi connectivity index (χ3n) is 2.90. The van der Waals surface area contributed by atoms with Crippen LogP contribution in [0, 0.1) is 6.92 Å². The maximum Gasteiger partial charge on any atom is 0.342 e. The molecular weight excluding hydrogens is 308 g/mol. The molecule has 0 fully saturated rings. The monoisotopic (exact) mass is 322 g/mol. The van der Waals surface area contributed by atoms with Crippen LogP contribution in [0.25, 0.3) is 0 Å². The van der Waals surface area contributed by atoms with Gasteiger partial charge in [0.2, 0.25) is 0 Å². The van der Waals surface area contributed by atoms with E-state index in [0.29, 0.717) is 10.8 Å². The van der Waals surface area contributed by atoms with E-state index in [9.17, 15) is 14.4 Å². The van der Waals surface area contributed by atoms with Crippen molar-refractivity contribution >= 4 is 34.1 Å². The van der Waals surface area contributed by atoms with Crippen LogP contribution in [-0.2, 0) is 9.53 Å². The molecule has 0 aliphatic heterocycles. The molecule has 7 nitrogen and oxygen atoms in total. The summed E-state index contributed by atoms with van der Waals surface area (Å²) >= 11 is 1.15. The number of ether oxygens (including phenoxy) is 1. The Morgan fingerprint density at radius 3 is 2.64 bits per heavy atom. The number of hydrogen-bond donors (Lipinski definition) is 2. The summed E-state index contributed by atoms with van der Waals surface area (Å²) in [6, 6.07) is 2.97. The number of carbonyl (C=O) groups is 3. The van der Waals surface area contributed by atoms with E-state index in [1.54, 1.807) is 12.3 Å². The summed E-state index contributed by atoms with van der Waals surface area (Å²) in [5.74, 6) is -1.45. The summed E-state index contributed by atoms with van der Waals surface area (Å²) in [7, 11) is 0. The third-order valence-corrected chi connectivity index (χ3v) is 3.73. The molecule has 116 valence electrons. The molecule has 0 bridgehead atoms. The fourth-order valence-corrected chi connectivity index (χ4v) is 2.48. The minimum Gasteiger partial charge on any atom is -0.469 e. The van der Waals surface area contributed by atoms with Crippen LogP contribution in [0.3, 0.4) is 0 Å². The largest absolute Gasteiger partial charge is 0.469 e. The average molecular weight is 322 g/mol. The van der Waals surface area contributed by atoms with Crippen molar-refractivity contribution in [3.05, 3.63) is 40.7 Å². The highest BCUT2D eigenvalue weighted by molar-refractivity contribution is 7.14. The van der Waals surface area contributed by atoms with Gasteiger partial charge in [-0.05, 0) is 31.4 Å². The molecule has 22 heavy (non-hydrogen) atoms. The fraction of sp³-hybridized carbons (Fsp3) is 0.214. The first-order valence-electron chi connectivity index (χ1n) is 6.33. The summed E-state index contributed by atoms with van der Waals surface area (Å²) in [5.41, 5.74) is 5.66. The predicted octanol–water partition coefficient (Wildman–Crippen LogP) is 1.93. The maximum absolute atomic E-state index is 12.0. The van der Waals surface area contributed by atoms with Crippen molar-refractivity contribution in [3.8, 4) is 0 Å². The van der Waals surface area contributed by atoms with Crippen molar-refractivity contribution in [3.63, 3.8) is 0 Å². The molecule has 2 amide bonds. The number of furan rings is 1. The Morgan fingerprint density at radius 2 is 2.05 bits per heavy atom. The molecule has 2 rings (SSSR count). The lowest BCUT2D eigenvalue weighted by molar-refractivity contribution is -0.123. The molecule has 0 saturated heterocycles.